The zero-order valence-corrected chi connectivity index (χ0v) is 21.7. The zero-order valence-electron chi connectivity index (χ0n) is 20.1. The van der Waals surface area contributed by atoms with Gasteiger partial charge in [-0.3, -0.25) is 14.3 Å². The molecule has 4 rings (SSSR count). The Hall–Kier alpha value is -3.02. The molecular formula is C25H29N5O4S2. The third-order valence-electron chi connectivity index (χ3n) is 5.88. The molecule has 1 fully saturated rings. The molecule has 36 heavy (non-hydrogen) atoms. The van der Waals surface area contributed by atoms with Crippen LogP contribution in [-0.2, 0) is 14.8 Å². The molecule has 0 atom stereocenters. The van der Waals surface area contributed by atoms with Gasteiger partial charge in [-0.25, -0.2) is 18.4 Å². The van der Waals surface area contributed by atoms with E-state index < -0.39 is 10.0 Å². The van der Waals surface area contributed by atoms with Crippen LogP contribution >= 0.6 is 11.8 Å². The monoisotopic (exact) mass is 527 g/mol. The molecule has 0 spiro atoms. The van der Waals surface area contributed by atoms with Crippen LogP contribution in [0.2, 0.25) is 0 Å². The summed E-state index contributed by atoms with van der Waals surface area (Å²) >= 11 is 0.918. The fourth-order valence-corrected chi connectivity index (χ4v) is 5.50. The number of pyridine rings is 2. The van der Waals surface area contributed by atoms with Crippen LogP contribution in [-0.4, -0.2) is 66.1 Å². The standard InChI is InChI=1S/C25H29N5O4S2/c1-18(31)35-17-23(32)20-6-10-25(27-16-20)29-36(33,34)21-7-8-22-19(15-21)5-9-24(28-22)26-11-14-30-12-3-2-4-13-30/h5-10,15-16H,2-4,11-14,17H2,1H3,(H,26,28)(H,27,29). The van der Waals surface area contributed by atoms with E-state index in [1.54, 1.807) is 12.1 Å². The number of sulfonamides is 1. The molecule has 0 radical (unpaired) electrons. The maximum absolute atomic E-state index is 12.9. The fraction of sp³-hybridized carbons (Fsp3) is 0.360. The molecule has 0 amide bonds. The first-order valence-electron chi connectivity index (χ1n) is 11.8. The Morgan fingerprint density at radius 3 is 2.53 bits per heavy atom. The minimum Gasteiger partial charge on any atom is -0.369 e. The van der Waals surface area contributed by atoms with Crippen molar-refractivity contribution in [2.75, 3.05) is 42.0 Å². The number of likely N-dealkylation sites (tertiary alicyclic amines) is 1. The smallest absolute Gasteiger partial charge is 0.263 e. The molecule has 0 saturated carbocycles. The van der Waals surface area contributed by atoms with E-state index >= 15 is 0 Å². The van der Waals surface area contributed by atoms with E-state index in [4.69, 9.17) is 0 Å². The van der Waals surface area contributed by atoms with Crippen LogP contribution in [0.3, 0.4) is 0 Å². The number of rotatable bonds is 10. The topological polar surface area (TPSA) is 121 Å². The predicted molar refractivity (Wildman–Crippen MR) is 143 cm³/mol. The Morgan fingerprint density at radius 1 is 1.03 bits per heavy atom. The van der Waals surface area contributed by atoms with Gasteiger partial charge in [0, 0.05) is 37.2 Å². The lowest BCUT2D eigenvalue weighted by Gasteiger charge is -2.26. The Kier molecular flexibility index (Phi) is 8.55. The van der Waals surface area contributed by atoms with E-state index in [1.165, 1.54) is 50.6 Å². The number of ketones is 1. The highest BCUT2D eigenvalue weighted by molar-refractivity contribution is 8.14. The van der Waals surface area contributed by atoms with Crippen molar-refractivity contribution in [2.45, 2.75) is 31.1 Å². The summed E-state index contributed by atoms with van der Waals surface area (Å²) in [6, 6.07) is 11.4. The number of thioether (sulfide) groups is 1. The number of anilines is 2. The van der Waals surface area contributed by atoms with Crippen molar-refractivity contribution >= 4 is 55.2 Å². The molecule has 1 saturated heterocycles. The number of Topliss-reactive ketones (excluding diaryl/α,β-unsaturated/α-hetero) is 1. The van der Waals surface area contributed by atoms with Crippen molar-refractivity contribution in [2.24, 2.45) is 0 Å². The Morgan fingerprint density at radius 2 is 1.81 bits per heavy atom. The van der Waals surface area contributed by atoms with Gasteiger partial charge in [-0.05, 0) is 68.4 Å². The summed E-state index contributed by atoms with van der Waals surface area (Å²) in [5.74, 6) is 0.619. The van der Waals surface area contributed by atoms with Crippen molar-refractivity contribution in [3.8, 4) is 0 Å². The number of carbonyl (C=O) groups is 2. The van der Waals surface area contributed by atoms with E-state index in [0.717, 1.165) is 43.8 Å². The van der Waals surface area contributed by atoms with Crippen molar-refractivity contribution in [1.29, 1.82) is 0 Å². The largest absolute Gasteiger partial charge is 0.369 e. The van der Waals surface area contributed by atoms with E-state index in [-0.39, 0.29) is 27.4 Å². The van der Waals surface area contributed by atoms with Gasteiger partial charge in [0.05, 0.1) is 16.2 Å². The summed E-state index contributed by atoms with van der Waals surface area (Å²) in [5, 5.41) is 3.91. The van der Waals surface area contributed by atoms with Gasteiger partial charge in [0.25, 0.3) is 10.0 Å². The zero-order chi connectivity index (χ0) is 25.5. The molecule has 0 bridgehead atoms. The van der Waals surface area contributed by atoms with Crippen LogP contribution in [0.4, 0.5) is 11.6 Å². The molecule has 2 N–H and O–H groups in total. The van der Waals surface area contributed by atoms with Crippen LogP contribution in [0.25, 0.3) is 10.9 Å². The first-order valence-corrected chi connectivity index (χ1v) is 14.3. The molecular weight excluding hydrogens is 498 g/mol. The Bertz CT molecular complexity index is 1340. The molecule has 1 aliphatic heterocycles. The van der Waals surface area contributed by atoms with Crippen molar-refractivity contribution in [3.05, 3.63) is 54.2 Å². The Balaban J connectivity index is 1.38. The van der Waals surface area contributed by atoms with Gasteiger partial charge in [0.1, 0.15) is 11.6 Å². The molecule has 9 nitrogen and oxygen atoms in total. The van der Waals surface area contributed by atoms with Gasteiger partial charge in [0.2, 0.25) is 0 Å². The second-order valence-electron chi connectivity index (χ2n) is 8.62. The number of nitrogens with one attached hydrogen (secondary N) is 2. The van der Waals surface area contributed by atoms with Gasteiger partial charge >= 0.3 is 0 Å². The normalized spacial score (nSPS) is 14.5. The number of hydrogen-bond donors (Lipinski definition) is 2. The van der Waals surface area contributed by atoms with Crippen molar-refractivity contribution < 1.29 is 18.0 Å². The first kappa shape index (κ1) is 26.1. The Labute approximate surface area is 215 Å². The maximum atomic E-state index is 12.9. The summed E-state index contributed by atoms with van der Waals surface area (Å²) in [5.41, 5.74) is 1.00. The lowest BCUT2D eigenvalue weighted by atomic mass is 10.1. The van der Waals surface area contributed by atoms with E-state index in [1.807, 2.05) is 12.1 Å². The van der Waals surface area contributed by atoms with Gasteiger partial charge in [-0.2, -0.15) is 0 Å². The van der Waals surface area contributed by atoms with Crippen LogP contribution in [0.15, 0.2) is 53.6 Å². The number of aromatic nitrogens is 2. The predicted octanol–water partition coefficient (Wildman–Crippen LogP) is 3.79. The minimum atomic E-state index is -3.89. The molecule has 2 aromatic heterocycles. The highest BCUT2D eigenvalue weighted by Gasteiger charge is 2.17. The van der Waals surface area contributed by atoms with Gasteiger partial charge in [-0.15, -0.1) is 0 Å². The lowest BCUT2D eigenvalue weighted by Crippen LogP contribution is -2.33. The average Bonchev–Trinajstić information content (AvgIpc) is 2.87. The molecule has 1 aliphatic rings. The highest BCUT2D eigenvalue weighted by atomic mass is 32.2. The number of fused-ring (bicyclic) bond motifs is 1. The van der Waals surface area contributed by atoms with Crippen LogP contribution < -0.4 is 10.0 Å². The number of piperidine rings is 1. The lowest BCUT2D eigenvalue weighted by molar-refractivity contribution is -0.109. The second-order valence-corrected chi connectivity index (χ2v) is 11.5. The van der Waals surface area contributed by atoms with Gasteiger partial charge < -0.3 is 10.2 Å². The fourth-order valence-electron chi connectivity index (χ4n) is 3.96. The summed E-state index contributed by atoms with van der Waals surface area (Å²) < 4.78 is 28.2. The number of nitrogens with zero attached hydrogens (tertiary/aromatic N) is 3. The van der Waals surface area contributed by atoms with Crippen molar-refractivity contribution in [3.63, 3.8) is 0 Å². The number of carbonyl (C=O) groups excluding carboxylic acids is 2. The molecule has 0 aliphatic carbocycles. The van der Waals surface area contributed by atoms with Crippen LogP contribution in [0, 0.1) is 0 Å². The first-order chi connectivity index (χ1) is 17.3. The summed E-state index contributed by atoms with van der Waals surface area (Å²) in [4.78, 5) is 34.3. The summed E-state index contributed by atoms with van der Waals surface area (Å²) in [6.45, 7) is 5.47. The average molecular weight is 528 g/mol. The van der Waals surface area contributed by atoms with Gasteiger partial charge in [0.15, 0.2) is 10.9 Å². The third kappa shape index (κ3) is 7.02. The molecule has 190 valence electrons. The minimum absolute atomic E-state index is 0.0168. The van der Waals surface area contributed by atoms with Gasteiger partial charge in [-0.1, -0.05) is 18.2 Å². The SMILES string of the molecule is CC(=O)SCC(=O)c1ccc(NS(=O)(=O)c2ccc3nc(NCCN4CCCCC4)ccc3c2)nc1. The molecule has 0 unspecified atom stereocenters. The molecule has 1 aromatic carbocycles. The molecule has 3 heterocycles. The third-order valence-corrected chi connectivity index (χ3v) is 8.05. The van der Waals surface area contributed by atoms with Crippen LogP contribution in [0.1, 0.15) is 36.5 Å². The van der Waals surface area contributed by atoms with E-state index in [9.17, 15) is 18.0 Å². The van der Waals surface area contributed by atoms with E-state index in [0.29, 0.717) is 16.5 Å². The number of benzene rings is 1. The van der Waals surface area contributed by atoms with Crippen molar-refractivity contribution in [1.82, 2.24) is 14.9 Å². The highest BCUT2D eigenvalue weighted by Crippen LogP contribution is 2.22. The van der Waals surface area contributed by atoms with E-state index in [2.05, 4.69) is 24.9 Å². The molecule has 11 heteroatoms. The maximum Gasteiger partial charge on any atom is 0.263 e. The van der Waals surface area contributed by atoms with Crippen LogP contribution in [0.5, 0.6) is 0 Å². The number of hydrogen-bond acceptors (Lipinski definition) is 9. The second kappa shape index (κ2) is 11.8. The summed E-state index contributed by atoms with van der Waals surface area (Å²) in [7, 11) is -3.89. The quantitative estimate of drug-likeness (QED) is 0.379. The summed E-state index contributed by atoms with van der Waals surface area (Å²) in [6.07, 6.45) is 5.13. The molecule has 3 aromatic rings.